The number of unbranched alkanes of at least 4 members (excludes halogenated alkanes) is 4. The molecule has 0 saturated heterocycles. The molecule has 0 aliphatic carbocycles. The van der Waals surface area contributed by atoms with Gasteiger partial charge in [0.2, 0.25) is 0 Å². The maximum absolute atomic E-state index is 5.67. The smallest absolute Gasteiger partial charge is 0.147 e. The minimum atomic E-state index is 0.837. The minimum absolute atomic E-state index is 0.837. The Morgan fingerprint density at radius 1 is 0.327 bits per heavy atom. The van der Waals surface area contributed by atoms with Crippen LogP contribution >= 0.6 is 138 Å². The van der Waals surface area contributed by atoms with Crippen molar-refractivity contribution in [3.63, 3.8) is 0 Å². The zero-order valence-electron chi connectivity index (χ0n) is 33.9. The van der Waals surface area contributed by atoms with Gasteiger partial charge in [-0.25, -0.2) is 0 Å². The average molecular weight is 946 g/mol. The minimum Gasteiger partial charge on any atom is -0.363 e. The van der Waals surface area contributed by atoms with Gasteiger partial charge < -0.3 is 29.4 Å². The van der Waals surface area contributed by atoms with Gasteiger partial charge in [-0.2, -0.15) is 0 Å². The van der Waals surface area contributed by atoms with Crippen molar-refractivity contribution in [1.29, 1.82) is 0 Å². The number of hydrogen-bond donors (Lipinski definition) is 0. The summed E-state index contributed by atoms with van der Waals surface area (Å²) in [5, 5.41) is 0. The quantitative estimate of drug-likeness (QED) is 0.108. The van der Waals surface area contributed by atoms with Crippen molar-refractivity contribution < 1.29 is 0 Å². The first-order chi connectivity index (χ1) is 24.6. The van der Waals surface area contributed by atoms with Crippen molar-refractivity contribution in [2.45, 2.75) is 107 Å². The van der Waals surface area contributed by atoms with Gasteiger partial charge >= 0.3 is 0 Å². The first-order valence-corrected chi connectivity index (χ1v) is 27.2. The third-order valence-corrected chi connectivity index (χ3v) is 18.6. The zero-order chi connectivity index (χ0) is 40.5. The van der Waals surface area contributed by atoms with Crippen LogP contribution in [0.1, 0.15) is 107 Å². The third kappa shape index (κ3) is 31.5. The van der Waals surface area contributed by atoms with Crippen molar-refractivity contribution >= 4 is 164 Å². The molecule has 0 fully saturated rings. The highest BCUT2D eigenvalue weighted by Gasteiger charge is 2.15. The number of thiocarbonyl (C=S) groups is 6. The Labute approximate surface area is 376 Å². The molecule has 18 heteroatoms. The maximum atomic E-state index is 5.67. The Morgan fingerprint density at radius 2 is 0.519 bits per heavy atom. The van der Waals surface area contributed by atoms with Crippen LogP contribution in [0.2, 0.25) is 0 Å². The van der Waals surface area contributed by atoms with Gasteiger partial charge in [0, 0.05) is 80.5 Å². The molecule has 0 spiro atoms. The van der Waals surface area contributed by atoms with Gasteiger partial charge in [0.1, 0.15) is 25.9 Å². The average Bonchev–Trinajstić information content (AvgIpc) is 3.13. The van der Waals surface area contributed by atoms with E-state index in [-0.39, 0.29) is 0 Å². The first kappa shape index (κ1) is 57.8. The topological polar surface area (TPSA) is 19.4 Å². The predicted molar refractivity (Wildman–Crippen MR) is 277 cm³/mol. The summed E-state index contributed by atoms with van der Waals surface area (Å²) in [7, 11) is 17.3. The van der Waals surface area contributed by atoms with Crippen LogP contribution in [-0.2, 0) is 0 Å². The molecule has 52 heavy (non-hydrogen) atoms. The predicted octanol–water partition coefficient (Wildman–Crippen LogP) is 12.4. The van der Waals surface area contributed by atoms with Crippen LogP contribution in [0.5, 0.6) is 0 Å². The molecule has 0 radical (unpaired) electrons. The van der Waals surface area contributed by atoms with Crippen LogP contribution in [0.15, 0.2) is 0 Å². The van der Waals surface area contributed by atoms with Crippen LogP contribution in [0.4, 0.5) is 0 Å². The lowest BCUT2D eigenvalue weighted by molar-refractivity contribution is 0.410. The van der Waals surface area contributed by atoms with Crippen molar-refractivity contribution in [2.75, 3.05) is 80.5 Å². The highest BCUT2D eigenvalue weighted by Crippen LogP contribution is 2.30. The molecule has 0 saturated carbocycles. The van der Waals surface area contributed by atoms with E-state index in [9.17, 15) is 0 Å². The van der Waals surface area contributed by atoms with Gasteiger partial charge in [-0.1, -0.05) is 127 Å². The summed E-state index contributed by atoms with van der Waals surface area (Å²) < 4.78 is 5.51. The summed E-state index contributed by atoms with van der Waals surface area (Å²) in [6, 6.07) is 0. The second-order valence-electron chi connectivity index (χ2n) is 11.6. The van der Waals surface area contributed by atoms with Crippen LogP contribution in [-0.4, -0.2) is 136 Å². The lowest BCUT2D eigenvalue weighted by Gasteiger charge is -2.27. The molecule has 0 aromatic carbocycles. The lowest BCUT2D eigenvalue weighted by atomic mass is 10.3. The van der Waals surface area contributed by atoms with Gasteiger partial charge in [0.25, 0.3) is 0 Å². The summed E-state index contributed by atoms with van der Waals surface area (Å²) in [4.78, 5) is 12.8. The first-order valence-electron chi connectivity index (χ1n) is 18.3. The molecule has 0 aliphatic heterocycles. The Bertz CT molecular complexity index is 887. The fourth-order valence-electron chi connectivity index (χ4n) is 3.52. The molecule has 0 aromatic rings. The zero-order valence-corrected chi connectivity index (χ0v) is 43.7. The normalized spacial score (nSPS) is 10.2. The van der Waals surface area contributed by atoms with Crippen molar-refractivity contribution in [3.8, 4) is 0 Å². The number of rotatable bonds is 16. The molecule has 0 atom stereocenters. The molecule has 0 rings (SSSR count). The Hall–Kier alpha value is 1.44. The summed E-state index contributed by atoms with van der Waals surface area (Å²) in [6.45, 7) is 25.5. The van der Waals surface area contributed by atoms with E-state index in [0.29, 0.717) is 0 Å². The van der Waals surface area contributed by atoms with Crippen molar-refractivity contribution in [1.82, 2.24) is 29.4 Å². The van der Waals surface area contributed by atoms with E-state index < -0.39 is 0 Å². The Balaban J connectivity index is -0.000000741. The summed E-state index contributed by atoms with van der Waals surface area (Å²) in [6.07, 6.45) is 9.67. The van der Waals surface area contributed by atoms with Crippen molar-refractivity contribution in [2.24, 2.45) is 0 Å². The largest absolute Gasteiger partial charge is 0.363 e. The van der Waals surface area contributed by atoms with E-state index in [4.69, 9.17) is 73.3 Å². The lowest BCUT2D eigenvalue weighted by Crippen LogP contribution is -2.31. The molecule has 0 aromatic heterocycles. The highest BCUT2D eigenvalue weighted by molar-refractivity contribution is 8.90. The molecular weight excluding hydrogens is 877 g/mol. The van der Waals surface area contributed by atoms with Gasteiger partial charge in [0.15, 0.2) is 0 Å². The summed E-state index contributed by atoms with van der Waals surface area (Å²) in [5.74, 6) is 0. The highest BCUT2D eigenvalue weighted by atomic mass is 33.1. The fraction of sp³-hybridized carbons (Fsp3) is 0.824. The van der Waals surface area contributed by atoms with Crippen molar-refractivity contribution in [3.05, 3.63) is 0 Å². The molecule has 0 heterocycles. The molecule has 0 amide bonds. The molecule has 0 bridgehead atoms. The van der Waals surface area contributed by atoms with Crippen LogP contribution < -0.4 is 0 Å². The van der Waals surface area contributed by atoms with Gasteiger partial charge in [-0.15, -0.1) is 0 Å². The van der Waals surface area contributed by atoms with E-state index in [1.165, 1.54) is 73.0 Å². The van der Waals surface area contributed by atoms with Crippen LogP contribution in [0.25, 0.3) is 0 Å². The fourth-order valence-corrected chi connectivity index (χ4v) is 11.7. The van der Waals surface area contributed by atoms with Gasteiger partial charge in [-0.3, -0.25) is 0 Å². The molecular formula is C34H68N6S12. The molecule has 0 N–H and O–H groups in total. The second-order valence-corrected chi connectivity index (χ2v) is 21.8. The Morgan fingerprint density at radius 3 is 0.692 bits per heavy atom. The Kier molecular flexibility index (Phi) is 43.6. The summed E-state index contributed by atoms with van der Waals surface area (Å²) in [5.41, 5.74) is 0. The number of nitrogens with zero attached hydrogens (tertiary/aromatic N) is 6. The SMILES string of the molecule is CCCCN(CCCC)C(=S)SSC(=S)N(CCCC)CCCC.CCN(CC)C(=S)SSC(=S)N(CC)CC.CN(C)C(=S)SSC(=S)N(C)C. The molecule has 0 unspecified atom stereocenters. The van der Waals surface area contributed by atoms with Gasteiger partial charge in [0.05, 0.1) is 0 Å². The monoisotopic (exact) mass is 944 g/mol. The van der Waals surface area contributed by atoms with Crippen LogP contribution in [0, 0.1) is 0 Å². The standard InChI is InChI=1S/C18H36N2S4.C10H20N2S4.C6H12N2S4/c1-5-9-13-19(14-10-6-2)17(21)23-24-18(22)20(15-11-7-3)16-12-8-4;1-5-11(6-2)9(13)15-16-10(14)12(7-3)8-4;1-7(2)5(9)11-12-6(10)8(3)4/h5-16H2,1-4H3;5-8H2,1-4H3;1-4H3. The molecule has 0 aliphatic rings. The molecule has 306 valence electrons. The summed E-state index contributed by atoms with van der Waals surface area (Å²) >= 11 is 32.2. The van der Waals surface area contributed by atoms with E-state index in [0.717, 1.165) is 78.3 Å². The van der Waals surface area contributed by atoms with Gasteiger partial charge in [-0.05, 0) is 118 Å². The molecule has 6 nitrogen and oxygen atoms in total. The third-order valence-electron chi connectivity index (χ3n) is 6.97. The van der Waals surface area contributed by atoms with Crippen LogP contribution in [0.3, 0.4) is 0 Å². The van der Waals surface area contributed by atoms with E-state index >= 15 is 0 Å². The van der Waals surface area contributed by atoms with E-state index in [1.807, 2.05) is 38.0 Å². The number of hydrogen-bond acceptors (Lipinski definition) is 12. The van der Waals surface area contributed by atoms with E-state index in [2.05, 4.69) is 75.0 Å². The maximum Gasteiger partial charge on any atom is 0.147 e. The second kappa shape index (κ2) is 39.3. The van der Waals surface area contributed by atoms with E-state index in [1.54, 1.807) is 43.2 Å².